The molecule has 1 aromatic heterocycles. The molecule has 1 aliphatic rings. The maximum Gasteiger partial charge on any atom is 0.271 e. The summed E-state index contributed by atoms with van der Waals surface area (Å²) < 4.78 is 0. The number of aromatic amines is 2. The topological polar surface area (TPSA) is 81.2 Å². The summed E-state index contributed by atoms with van der Waals surface area (Å²) in [6, 6.07) is 18.1. The second-order valence-electron chi connectivity index (χ2n) is 6.95. The normalized spacial score (nSPS) is 14.3. The molecule has 5 nitrogen and oxygen atoms in total. The molecule has 4 rings (SSSR count). The van der Waals surface area contributed by atoms with E-state index in [0.29, 0.717) is 12.0 Å². The Bertz CT molecular complexity index is 1070. The molecule has 0 aliphatic carbocycles. The van der Waals surface area contributed by atoms with Crippen molar-refractivity contribution in [1.29, 1.82) is 0 Å². The van der Waals surface area contributed by atoms with E-state index < -0.39 is 0 Å². The van der Waals surface area contributed by atoms with Gasteiger partial charge in [0.2, 0.25) is 0 Å². The molecule has 142 valence electrons. The molecule has 0 saturated heterocycles. The van der Waals surface area contributed by atoms with Gasteiger partial charge in [0.15, 0.2) is 0 Å². The van der Waals surface area contributed by atoms with E-state index in [1.807, 2.05) is 48.5 Å². The highest BCUT2D eigenvalue weighted by Crippen LogP contribution is 2.37. The minimum atomic E-state index is -0.127. The highest BCUT2D eigenvalue weighted by Gasteiger charge is 2.21. The van der Waals surface area contributed by atoms with E-state index >= 15 is 0 Å². The van der Waals surface area contributed by atoms with E-state index in [2.05, 4.69) is 22.3 Å². The van der Waals surface area contributed by atoms with Crippen molar-refractivity contribution in [2.45, 2.75) is 25.7 Å². The van der Waals surface area contributed by atoms with Crippen LogP contribution in [0.15, 0.2) is 64.4 Å². The number of benzene rings is 2. The first-order valence-corrected chi connectivity index (χ1v) is 9.59. The highest BCUT2D eigenvalue weighted by atomic mass is 16.2. The zero-order valence-corrected chi connectivity index (χ0v) is 15.6. The SMILES string of the molecule is O=c1[nH][nH]c(Cc2ccccc2)c1C=C1C(CCCCO)=Nc2ccccc21. The molecule has 28 heavy (non-hydrogen) atoms. The Morgan fingerprint density at radius 1 is 0.964 bits per heavy atom. The van der Waals surface area contributed by atoms with Crippen LogP contribution in [0.25, 0.3) is 11.6 Å². The summed E-state index contributed by atoms with van der Waals surface area (Å²) in [4.78, 5) is 17.3. The molecule has 3 aromatic rings. The van der Waals surface area contributed by atoms with Crippen LogP contribution in [0.5, 0.6) is 0 Å². The molecular weight excluding hydrogens is 350 g/mol. The monoisotopic (exact) mass is 373 g/mol. The Kier molecular flexibility index (Phi) is 5.35. The number of allylic oxidation sites excluding steroid dienone is 1. The summed E-state index contributed by atoms with van der Waals surface area (Å²) in [6.07, 6.45) is 4.99. The summed E-state index contributed by atoms with van der Waals surface area (Å²) in [5.74, 6) is 0. The predicted molar refractivity (Wildman–Crippen MR) is 113 cm³/mol. The zero-order valence-electron chi connectivity index (χ0n) is 15.6. The number of aromatic nitrogens is 2. The fourth-order valence-electron chi connectivity index (χ4n) is 3.56. The number of H-pyrrole nitrogens is 2. The largest absolute Gasteiger partial charge is 0.396 e. The highest BCUT2D eigenvalue weighted by molar-refractivity contribution is 6.32. The van der Waals surface area contributed by atoms with Gasteiger partial charge in [0, 0.05) is 35.6 Å². The molecule has 0 atom stereocenters. The van der Waals surface area contributed by atoms with Gasteiger partial charge in [-0.1, -0.05) is 48.5 Å². The van der Waals surface area contributed by atoms with Gasteiger partial charge in [-0.15, -0.1) is 0 Å². The quantitative estimate of drug-likeness (QED) is 0.545. The Balaban J connectivity index is 1.71. The van der Waals surface area contributed by atoms with Crippen molar-refractivity contribution in [3.05, 3.63) is 87.3 Å². The molecule has 2 aromatic carbocycles. The van der Waals surface area contributed by atoms with Gasteiger partial charge >= 0.3 is 0 Å². The van der Waals surface area contributed by atoms with Crippen molar-refractivity contribution < 1.29 is 5.11 Å². The van der Waals surface area contributed by atoms with Crippen LogP contribution in [0.1, 0.15) is 41.6 Å². The van der Waals surface area contributed by atoms with Crippen molar-refractivity contribution in [2.24, 2.45) is 4.99 Å². The number of nitrogens with zero attached hydrogens (tertiary/aromatic N) is 1. The number of fused-ring (bicyclic) bond motifs is 1. The number of para-hydroxylation sites is 1. The molecule has 0 fully saturated rings. The molecule has 0 amide bonds. The molecular formula is C23H23N3O2. The van der Waals surface area contributed by atoms with Crippen LogP contribution < -0.4 is 5.56 Å². The lowest BCUT2D eigenvalue weighted by Crippen LogP contribution is -2.05. The van der Waals surface area contributed by atoms with Crippen molar-refractivity contribution in [3.63, 3.8) is 0 Å². The smallest absolute Gasteiger partial charge is 0.271 e. The van der Waals surface area contributed by atoms with Crippen LogP contribution in [0.3, 0.4) is 0 Å². The van der Waals surface area contributed by atoms with Gasteiger partial charge in [-0.2, -0.15) is 0 Å². The lowest BCUT2D eigenvalue weighted by atomic mass is 9.96. The third-order valence-electron chi connectivity index (χ3n) is 4.99. The number of hydrogen-bond donors (Lipinski definition) is 3. The van der Waals surface area contributed by atoms with E-state index in [9.17, 15) is 4.79 Å². The van der Waals surface area contributed by atoms with Crippen molar-refractivity contribution in [2.75, 3.05) is 6.61 Å². The van der Waals surface area contributed by atoms with Crippen LogP contribution in [0, 0.1) is 0 Å². The molecule has 2 heterocycles. The molecule has 5 heteroatoms. The van der Waals surface area contributed by atoms with Crippen LogP contribution in [0.4, 0.5) is 5.69 Å². The molecule has 0 radical (unpaired) electrons. The number of unbranched alkanes of at least 4 members (excludes halogenated alkanes) is 1. The minimum absolute atomic E-state index is 0.127. The first kappa shape index (κ1) is 18.2. The van der Waals surface area contributed by atoms with Gasteiger partial charge in [0.1, 0.15) is 0 Å². The van der Waals surface area contributed by atoms with Gasteiger partial charge in [-0.25, -0.2) is 0 Å². The summed E-state index contributed by atoms with van der Waals surface area (Å²) in [7, 11) is 0. The second kappa shape index (κ2) is 8.23. The molecule has 3 N–H and O–H groups in total. The Morgan fingerprint density at radius 3 is 2.57 bits per heavy atom. The predicted octanol–water partition coefficient (Wildman–Crippen LogP) is 4.08. The first-order valence-electron chi connectivity index (χ1n) is 9.59. The maximum absolute atomic E-state index is 12.5. The number of rotatable bonds is 7. The lowest BCUT2D eigenvalue weighted by molar-refractivity contribution is 0.285. The van der Waals surface area contributed by atoms with Crippen molar-refractivity contribution in [1.82, 2.24) is 10.2 Å². The van der Waals surface area contributed by atoms with Crippen LogP contribution in [-0.2, 0) is 6.42 Å². The van der Waals surface area contributed by atoms with Crippen molar-refractivity contribution >= 4 is 23.0 Å². The summed E-state index contributed by atoms with van der Waals surface area (Å²) >= 11 is 0. The minimum Gasteiger partial charge on any atom is -0.396 e. The molecule has 0 saturated carbocycles. The zero-order chi connectivity index (χ0) is 19.3. The van der Waals surface area contributed by atoms with Gasteiger partial charge in [-0.3, -0.25) is 14.9 Å². The molecule has 0 spiro atoms. The second-order valence-corrected chi connectivity index (χ2v) is 6.95. The number of aliphatic hydroxyl groups excluding tert-OH is 1. The summed E-state index contributed by atoms with van der Waals surface area (Å²) in [6.45, 7) is 0.179. The van der Waals surface area contributed by atoms with Gasteiger partial charge in [-0.05, 0) is 37.0 Å². The third kappa shape index (κ3) is 3.75. The summed E-state index contributed by atoms with van der Waals surface area (Å²) in [5.41, 5.74) is 6.47. The third-order valence-corrected chi connectivity index (χ3v) is 4.99. The fourth-order valence-corrected chi connectivity index (χ4v) is 3.56. The van der Waals surface area contributed by atoms with Crippen molar-refractivity contribution in [3.8, 4) is 0 Å². The van der Waals surface area contributed by atoms with E-state index in [-0.39, 0.29) is 12.2 Å². The fraction of sp³-hybridized carbons (Fsp3) is 0.217. The lowest BCUT2D eigenvalue weighted by Gasteiger charge is -2.06. The van der Waals surface area contributed by atoms with Crippen LogP contribution in [-0.4, -0.2) is 27.6 Å². The maximum atomic E-state index is 12.5. The standard InChI is InChI=1S/C23H23N3O2/c27-13-7-6-12-21-18(17-10-4-5-11-20(17)24-21)15-19-22(25-26-23(19)28)14-16-8-2-1-3-9-16/h1-5,8-11,15,27H,6-7,12-14H2,(H2,25,26,28). The molecule has 0 bridgehead atoms. The average Bonchev–Trinajstić information content (AvgIpc) is 3.24. The van der Waals surface area contributed by atoms with Gasteiger partial charge in [0.05, 0.1) is 11.3 Å². The van der Waals surface area contributed by atoms with E-state index in [0.717, 1.165) is 53.1 Å². The number of nitrogens with one attached hydrogen (secondary N) is 2. The summed E-state index contributed by atoms with van der Waals surface area (Å²) in [5, 5.41) is 14.9. The first-order chi connectivity index (χ1) is 13.8. The van der Waals surface area contributed by atoms with E-state index in [1.165, 1.54) is 0 Å². The number of hydrogen-bond acceptors (Lipinski definition) is 3. The molecule has 1 aliphatic heterocycles. The van der Waals surface area contributed by atoms with Gasteiger partial charge < -0.3 is 10.2 Å². The molecule has 0 unspecified atom stereocenters. The number of aliphatic imine (C=N–C) groups is 1. The number of aliphatic hydroxyl groups is 1. The average molecular weight is 373 g/mol. The van der Waals surface area contributed by atoms with Gasteiger partial charge in [0.25, 0.3) is 5.56 Å². The Labute approximate surface area is 163 Å². The van der Waals surface area contributed by atoms with Crippen LogP contribution >= 0.6 is 0 Å². The van der Waals surface area contributed by atoms with Crippen LogP contribution in [0.2, 0.25) is 0 Å². The van der Waals surface area contributed by atoms with E-state index in [1.54, 1.807) is 0 Å². The Hall–Kier alpha value is -3.18. The Morgan fingerprint density at radius 2 is 1.75 bits per heavy atom. The van der Waals surface area contributed by atoms with E-state index in [4.69, 9.17) is 10.1 Å².